The van der Waals surface area contributed by atoms with Crippen molar-refractivity contribution in [3.05, 3.63) is 69.4 Å². The van der Waals surface area contributed by atoms with Crippen molar-refractivity contribution in [1.29, 1.82) is 0 Å². The summed E-state index contributed by atoms with van der Waals surface area (Å²) in [6, 6.07) is 10.8. The number of piperazine rings is 1. The van der Waals surface area contributed by atoms with Crippen LogP contribution in [0.1, 0.15) is 58.8 Å². The molecule has 1 aromatic heterocycles. The number of nitrogens with two attached hydrogens (primary N) is 1. The van der Waals surface area contributed by atoms with Crippen molar-refractivity contribution in [2.24, 2.45) is 5.73 Å². The summed E-state index contributed by atoms with van der Waals surface area (Å²) >= 11 is 0. The monoisotopic (exact) mass is 515 g/mol. The number of nitrogens with zero attached hydrogens (tertiary/aromatic N) is 4. The molecule has 3 aromatic rings. The molecule has 0 spiro atoms. The molecule has 0 saturated carbocycles. The fourth-order valence-corrected chi connectivity index (χ4v) is 5.02. The quantitative estimate of drug-likeness (QED) is 0.455. The maximum absolute atomic E-state index is 11.4. The normalized spacial score (nSPS) is 14.3. The molecule has 2 aromatic carbocycles. The number of benzene rings is 2. The Balaban J connectivity index is 1.72. The Morgan fingerprint density at radius 3 is 2.34 bits per heavy atom. The van der Waals surface area contributed by atoms with Crippen LogP contribution in [-0.2, 0) is 11.4 Å². The molecule has 0 radical (unpaired) electrons. The lowest BCUT2D eigenvalue weighted by molar-refractivity contribution is -0.119. The summed E-state index contributed by atoms with van der Waals surface area (Å²) in [4.78, 5) is 26.0. The average molecular weight is 516 g/mol. The molecule has 0 aliphatic carbocycles. The molecule has 1 saturated heterocycles. The Bertz CT molecular complexity index is 1330. The predicted octanol–water partition coefficient (Wildman–Crippen LogP) is 5.00. The summed E-state index contributed by atoms with van der Waals surface area (Å²) in [6.07, 6.45) is 0. The number of carbonyl (C=O) groups is 1. The summed E-state index contributed by atoms with van der Waals surface area (Å²) in [5.41, 5.74) is 14.4. The topological polar surface area (TPSA) is 84.6 Å². The SMILES string of the molecule is Cc1cc(C)c(C)c(-c2nc(C)c(COc3cc(C(C)C)ccc3C)c(N3CCN(CC(N)=O)CC3)n2)c1. The van der Waals surface area contributed by atoms with Gasteiger partial charge in [-0.25, -0.2) is 9.97 Å². The lowest BCUT2D eigenvalue weighted by atomic mass is 9.99. The third kappa shape index (κ3) is 6.16. The Hall–Kier alpha value is -3.45. The van der Waals surface area contributed by atoms with Gasteiger partial charge in [0, 0.05) is 31.7 Å². The number of amides is 1. The maximum Gasteiger partial charge on any atom is 0.231 e. The highest BCUT2D eigenvalue weighted by atomic mass is 16.5. The van der Waals surface area contributed by atoms with Crippen LogP contribution in [0.2, 0.25) is 0 Å². The molecule has 2 heterocycles. The van der Waals surface area contributed by atoms with Gasteiger partial charge in [0.15, 0.2) is 5.82 Å². The predicted molar refractivity (Wildman–Crippen MR) is 154 cm³/mol. The number of hydrogen-bond acceptors (Lipinski definition) is 6. The second-order valence-corrected chi connectivity index (χ2v) is 10.9. The van der Waals surface area contributed by atoms with Gasteiger partial charge in [0.05, 0.1) is 17.8 Å². The van der Waals surface area contributed by atoms with Crippen molar-refractivity contribution in [3.8, 4) is 17.1 Å². The molecule has 7 heteroatoms. The van der Waals surface area contributed by atoms with Crippen molar-refractivity contribution in [2.45, 2.75) is 61.0 Å². The highest BCUT2D eigenvalue weighted by molar-refractivity contribution is 5.76. The van der Waals surface area contributed by atoms with E-state index in [9.17, 15) is 4.79 Å². The summed E-state index contributed by atoms with van der Waals surface area (Å²) in [6.45, 7) is 18.6. The Morgan fingerprint density at radius 1 is 0.974 bits per heavy atom. The van der Waals surface area contributed by atoms with Gasteiger partial charge in [0.1, 0.15) is 18.2 Å². The number of rotatable bonds is 8. The first-order chi connectivity index (χ1) is 18.0. The van der Waals surface area contributed by atoms with Crippen molar-refractivity contribution in [3.63, 3.8) is 0 Å². The van der Waals surface area contributed by atoms with Crippen LogP contribution in [0.15, 0.2) is 30.3 Å². The van der Waals surface area contributed by atoms with Crippen LogP contribution in [0.4, 0.5) is 5.82 Å². The molecule has 1 aliphatic heterocycles. The summed E-state index contributed by atoms with van der Waals surface area (Å²) < 4.78 is 6.43. The van der Waals surface area contributed by atoms with Gasteiger partial charge in [-0.15, -0.1) is 0 Å². The fourth-order valence-electron chi connectivity index (χ4n) is 5.02. The van der Waals surface area contributed by atoms with Gasteiger partial charge >= 0.3 is 0 Å². The molecule has 0 atom stereocenters. The van der Waals surface area contributed by atoms with Crippen LogP contribution in [0.5, 0.6) is 5.75 Å². The van der Waals surface area contributed by atoms with E-state index >= 15 is 0 Å². The number of carbonyl (C=O) groups excluding carboxylic acids is 1. The van der Waals surface area contributed by atoms with E-state index in [1.54, 1.807) is 0 Å². The first-order valence-corrected chi connectivity index (χ1v) is 13.5. The van der Waals surface area contributed by atoms with Gasteiger partial charge in [-0.3, -0.25) is 9.69 Å². The number of anilines is 1. The molecule has 4 rings (SSSR count). The Labute approximate surface area is 227 Å². The second-order valence-electron chi connectivity index (χ2n) is 10.9. The van der Waals surface area contributed by atoms with E-state index in [4.69, 9.17) is 20.4 Å². The van der Waals surface area contributed by atoms with Crippen molar-refractivity contribution < 1.29 is 9.53 Å². The number of ether oxygens (including phenoxy) is 1. The minimum absolute atomic E-state index is 0.283. The fraction of sp³-hybridized carbons (Fsp3) is 0.452. The first-order valence-electron chi connectivity index (χ1n) is 13.5. The summed E-state index contributed by atoms with van der Waals surface area (Å²) in [7, 11) is 0. The third-order valence-corrected chi connectivity index (χ3v) is 7.55. The van der Waals surface area contributed by atoms with Crippen molar-refractivity contribution in [1.82, 2.24) is 14.9 Å². The van der Waals surface area contributed by atoms with Crippen LogP contribution in [0.25, 0.3) is 11.4 Å². The van der Waals surface area contributed by atoms with Crippen molar-refractivity contribution >= 4 is 11.7 Å². The molecule has 0 bridgehead atoms. The smallest absolute Gasteiger partial charge is 0.231 e. The zero-order chi connectivity index (χ0) is 27.6. The number of aryl methyl sites for hydroxylation is 4. The molecule has 1 amide bonds. The van der Waals surface area contributed by atoms with Crippen LogP contribution in [0.3, 0.4) is 0 Å². The summed E-state index contributed by atoms with van der Waals surface area (Å²) in [5.74, 6) is 2.67. The van der Waals surface area contributed by atoms with Gasteiger partial charge < -0.3 is 15.4 Å². The standard InChI is InChI=1S/C31H41N5O2/c1-19(2)25-9-8-21(4)28(16-25)38-18-27-24(7)33-30(26-15-20(3)14-22(5)23(26)6)34-31(27)36-12-10-35(11-13-36)17-29(32)37/h8-9,14-16,19H,10-13,17-18H2,1-7H3,(H2,32,37). The van der Waals surface area contributed by atoms with Gasteiger partial charge in [-0.05, 0) is 74.9 Å². The molecule has 7 nitrogen and oxygen atoms in total. The van der Waals surface area contributed by atoms with Crippen LogP contribution >= 0.6 is 0 Å². The van der Waals surface area contributed by atoms with Gasteiger partial charge in [0.2, 0.25) is 5.91 Å². The highest BCUT2D eigenvalue weighted by Gasteiger charge is 2.25. The van der Waals surface area contributed by atoms with Gasteiger partial charge in [-0.2, -0.15) is 0 Å². The molecule has 38 heavy (non-hydrogen) atoms. The molecule has 2 N–H and O–H groups in total. The molecular formula is C31H41N5O2. The molecule has 0 unspecified atom stereocenters. The van der Waals surface area contributed by atoms with Crippen LogP contribution in [-0.4, -0.2) is 53.5 Å². The molecule has 1 aliphatic rings. The van der Waals surface area contributed by atoms with E-state index in [1.165, 1.54) is 22.3 Å². The Morgan fingerprint density at radius 2 is 1.68 bits per heavy atom. The van der Waals surface area contributed by atoms with E-state index in [2.05, 4.69) is 81.7 Å². The zero-order valence-corrected chi connectivity index (χ0v) is 23.9. The van der Waals surface area contributed by atoms with E-state index in [0.29, 0.717) is 12.5 Å². The molecular weight excluding hydrogens is 474 g/mol. The lowest BCUT2D eigenvalue weighted by Crippen LogP contribution is -2.49. The van der Waals surface area contributed by atoms with E-state index in [0.717, 1.165) is 66.0 Å². The number of aromatic nitrogens is 2. The first kappa shape index (κ1) is 27.6. The van der Waals surface area contributed by atoms with Crippen LogP contribution in [0, 0.1) is 34.6 Å². The molecule has 1 fully saturated rings. The minimum Gasteiger partial charge on any atom is -0.488 e. The van der Waals surface area contributed by atoms with E-state index < -0.39 is 0 Å². The zero-order valence-electron chi connectivity index (χ0n) is 23.9. The highest BCUT2D eigenvalue weighted by Crippen LogP contribution is 2.31. The Kier molecular flexibility index (Phi) is 8.36. The summed E-state index contributed by atoms with van der Waals surface area (Å²) in [5, 5.41) is 0. The average Bonchev–Trinajstić information content (AvgIpc) is 2.86. The second kappa shape index (κ2) is 11.5. The van der Waals surface area contributed by atoms with Gasteiger partial charge in [0.25, 0.3) is 0 Å². The minimum atomic E-state index is -0.294. The largest absolute Gasteiger partial charge is 0.488 e. The molecule has 202 valence electrons. The third-order valence-electron chi connectivity index (χ3n) is 7.55. The van der Waals surface area contributed by atoms with E-state index in [1.807, 2.05) is 6.92 Å². The lowest BCUT2D eigenvalue weighted by Gasteiger charge is -2.36. The van der Waals surface area contributed by atoms with E-state index in [-0.39, 0.29) is 12.5 Å². The maximum atomic E-state index is 11.4. The van der Waals surface area contributed by atoms with Gasteiger partial charge in [-0.1, -0.05) is 37.6 Å². The number of hydrogen-bond donors (Lipinski definition) is 1. The van der Waals surface area contributed by atoms with Crippen molar-refractivity contribution in [2.75, 3.05) is 37.6 Å². The number of primary amides is 1. The van der Waals surface area contributed by atoms with Crippen LogP contribution < -0.4 is 15.4 Å².